The summed E-state index contributed by atoms with van der Waals surface area (Å²) in [7, 11) is 3.66. The van der Waals surface area contributed by atoms with E-state index in [1.807, 2.05) is 19.0 Å². The topological polar surface area (TPSA) is 40.6 Å². The van der Waals surface area contributed by atoms with Crippen molar-refractivity contribution in [2.75, 3.05) is 33.7 Å². The number of benzene rings is 2. The molecule has 0 N–H and O–H groups in total. The summed E-state index contributed by atoms with van der Waals surface area (Å²) in [4.78, 5) is 29.1. The molecule has 0 unspecified atom stereocenters. The zero-order chi connectivity index (χ0) is 23.4. The van der Waals surface area contributed by atoms with E-state index in [9.17, 15) is 27.2 Å². The first-order chi connectivity index (χ1) is 15.1. The zero-order valence-corrected chi connectivity index (χ0v) is 17.7. The molecule has 4 nitrogen and oxygen atoms in total. The lowest BCUT2D eigenvalue weighted by Crippen LogP contribution is -2.42. The van der Waals surface area contributed by atoms with Crippen LogP contribution in [0.1, 0.15) is 17.5 Å². The summed E-state index contributed by atoms with van der Waals surface area (Å²) in [5.74, 6) is -4.74. The fourth-order valence-corrected chi connectivity index (χ4v) is 3.30. The van der Waals surface area contributed by atoms with Gasteiger partial charge in [0.15, 0.2) is 29.1 Å². The van der Waals surface area contributed by atoms with E-state index in [0.29, 0.717) is 6.54 Å². The molecule has 0 aromatic heterocycles. The lowest BCUT2D eigenvalue weighted by molar-refractivity contribution is -0.131. The number of rotatable bonds is 5. The summed E-state index contributed by atoms with van der Waals surface area (Å²) in [6, 6.07) is 6.47. The normalized spacial score (nSPS) is 17.0. The first-order valence-electron chi connectivity index (χ1n) is 9.92. The molecule has 32 heavy (non-hydrogen) atoms. The molecule has 2 aromatic carbocycles. The standard InChI is InChI=1S/C24H22F4N2O2/c1-29(2)8-7-23(31)30-13-17(9-15-3-5-19(25)21(27)11-15)24(32)18(14-30)10-16-4-6-20(26)22(28)12-16/h3-6,9-12H,7-8,13-14H2,1-2H3/b17-9+,18-10+. The van der Waals surface area contributed by atoms with Crippen molar-refractivity contribution < 1.29 is 27.2 Å². The average Bonchev–Trinajstić information content (AvgIpc) is 2.74. The van der Waals surface area contributed by atoms with Crippen molar-refractivity contribution >= 4 is 23.8 Å². The molecule has 0 spiro atoms. The molecular weight excluding hydrogens is 424 g/mol. The highest BCUT2D eigenvalue weighted by atomic mass is 19.2. The Balaban J connectivity index is 1.98. The third-order valence-electron chi connectivity index (χ3n) is 5.00. The predicted molar refractivity (Wildman–Crippen MR) is 113 cm³/mol. The molecule has 1 heterocycles. The number of likely N-dealkylation sites (tertiary alicyclic amines) is 1. The molecule has 1 saturated heterocycles. The number of halogens is 4. The van der Waals surface area contributed by atoms with Crippen LogP contribution >= 0.6 is 0 Å². The van der Waals surface area contributed by atoms with Crippen LogP contribution in [0, 0.1) is 23.3 Å². The number of carbonyl (C=O) groups is 2. The number of ketones is 1. The lowest BCUT2D eigenvalue weighted by atomic mass is 9.94. The Morgan fingerprint density at radius 2 is 1.34 bits per heavy atom. The molecule has 0 atom stereocenters. The van der Waals surface area contributed by atoms with E-state index in [4.69, 9.17) is 0 Å². The van der Waals surface area contributed by atoms with Crippen LogP contribution in [0.25, 0.3) is 12.2 Å². The summed E-state index contributed by atoms with van der Waals surface area (Å²) >= 11 is 0. The van der Waals surface area contributed by atoms with Gasteiger partial charge in [-0.25, -0.2) is 17.6 Å². The van der Waals surface area contributed by atoms with Gasteiger partial charge in [0, 0.05) is 37.2 Å². The van der Waals surface area contributed by atoms with Gasteiger partial charge in [0.2, 0.25) is 5.91 Å². The Morgan fingerprint density at radius 1 is 0.875 bits per heavy atom. The van der Waals surface area contributed by atoms with E-state index in [0.717, 1.165) is 24.3 Å². The Hall–Kier alpha value is -3.26. The van der Waals surface area contributed by atoms with Crippen molar-refractivity contribution in [3.8, 4) is 0 Å². The van der Waals surface area contributed by atoms with Crippen molar-refractivity contribution in [2.45, 2.75) is 6.42 Å². The molecule has 168 valence electrons. The third-order valence-corrected chi connectivity index (χ3v) is 5.00. The maximum atomic E-state index is 13.6. The molecule has 2 aromatic rings. The largest absolute Gasteiger partial charge is 0.334 e. The van der Waals surface area contributed by atoms with E-state index in [-0.39, 0.29) is 47.7 Å². The van der Waals surface area contributed by atoms with Crippen LogP contribution in [0.5, 0.6) is 0 Å². The average molecular weight is 446 g/mol. The highest BCUT2D eigenvalue weighted by Crippen LogP contribution is 2.24. The van der Waals surface area contributed by atoms with Gasteiger partial charge in [-0.15, -0.1) is 0 Å². The van der Waals surface area contributed by atoms with Crippen LogP contribution in [-0.4, -0.2) is 55.2 Å². The number of hydrogen-bond acceptors (Lipinski definition) is 3. The predicted octanol–water partition coefficient (Wildman–Crippen LogP) is 4.07. The Labute approximate surface area is 183 Å². The zero-order valence-electron chi connectivity index (χ0n) is 17.7. The molecule has 1 fully saturated rings. The number of hydrogen-bond donors (Lipinski definition) is 0. The minimum Gasteiger partial charge on any atom is -0.334 e. The smallest absolute Gasteiger partial charge is 0.224 e. The van der Waals surface area contributed by atoms with Crippen molar-refractivity contribution in [1.82, 2.24) is 9.80 Å². The van der Waals surface area contributed by atoms with Gasteiger partial charge in [-0.2, -0.15) is 0 Å². The molecule has 0 saturated carbocycles. The fourth-order valence-electron chi connectivity index (χ4n) is 3.30. The Kier molecular flexibility index (Phi) is 7.25. The highest BCUT2D eigenvalue weighted by Gasteiger charge is 2.29. The minimum atomic E-state index is -1.06. The van der Waals surface area contributed by atoms with Gasteiger partial charge in [0.25, 0.3) is 0 Å². The van der Waals surface area contributed by atoms with Crippen molar-refractivity contribution in [2.24, 2.45) is 0 Å². The molecular formula is C24H22F4N2O2. The van der Waals surface area contributed by atoms with E-state index < -0.39 is 29.1 Å². The van der Waals surface area contributed by atoms with Gasteiger partial charge in [0.05, 0.1) is 0 Å². The van der Waals surface area contributed by atoms with Crippen LogP contribution in [0.3, 0.4) is 0 Å². The number of carbonyl (C=O) groups excluding carboxylic acids is 2. The number of piperidine rings is 1. The van der Waals surface area contributed by atoms with Gasteiger partial charge < -0.3 is 9.80 Å². The first kappa shape index (κ1) is 23.4. The molecule has 8 heteroatoms. The van der Waals surface area contributed by atoms with Gasteiger partial charge in [-0.1, -0.05) is 12.1 Å². The van der Waals surface area contributed by atoms with E-state index in [1.54, 1.807) is 0 Å². The second kappa shape index (κ2) is 9.91. The summed E-state index contributed by atoms with van der Waals surface area (Å²) in [5, 5.41) is 0. The van der Waals surface area contributed by atoms with Crippen molar-refractivity contribution in [3.05, 3.63) is 81.9 Å². The highest BCUT2D eigenvalue weighted by molar-refractivity contribution is 6.15. The summed E-state index contributed by atoms with van der Waals surface area (Å²) in [6.45, 7) is 0.506. The SMILES string of the molecule is CN(C)CCC(=O)N1C/C(=C\c2ccc(F)c(F)c2)C(=O)/C(=C/c2ccc(F)c(F)c2)C1. The summed E-state index contributed by atoms with van der Waals surface area (Å²) < 4.78 is 53.7. The van der Waals surface area contributed by atoms with Crippen molar-refractivity contribution in [3.63, 3.8) is 0 Å². The Bertz CT molecular complexity index is 1040. The minimum absolute atomic E-state index is 0.000784. The van der Waals surface area contributed by atoms with Crippen LogP contribution in [-0.2, 0) is 9.59 Å². The van der Waals surface area contributed by atoms with Crippen LogP contribution < -0.4 is 0 Å². The summed E-state index contributed by atoms with van der Waals surface area (Å²) in [6.07, 6.45) is 3.02. The van der Waals surface area contributed by atoms with Gasteiger partial charge in [-0.3, -0.25) is 9.59 Å². The van der Waals surface area contributed by atoms with Crippen LogP contribution in [0.15, 0.2) is 47.5 Å². The maximum Gasteiger partial charge on any atom is 0.224 e. The monoisotopic (exact) mass is 446 g/mol. The fraction of sp³-hybridized carbons (Fsp3) is 0.250. The molecule has 1 amide bonds. The molecule has 1 aliphatic rings. The van der Waals surface area contributed by atoms with Gasteiger partial charge >= 0.3 is 0 Å². The lowest BCUT2D eigenvalue weighted by Gasteiger charge is -2.30. The number of Topliss-reactive ketones (excluding diaryl/α,β-unsaturated/α-hetero) is 1. The maximum absolute atomic E-state index is 13.6. The van der Waals surface area contributed by atoms with E-state index in [2.05, 4.69) is 0 Å². The molecule has 1 aliphatic heterocycles. The third kappa shape index (κ3) is 5.70. The number of amides is 1. The van der Waals surface area contributed by atoms with Crippen LogP contribution in [0.2, 0.25) is 0 Å². The molecule has 0 aliphatic carbocycles. The van der Waals surface area contributed by atoms with E-state index >= 15 is 0 Å². The Morgan fingerprint density at radius 3 is 1.75 bits per heavy atom. The van der Waals surface area contributed by atoms with Crippen LogP contribution in [0.4, 0.5) is 17.6 Å². The molecule has 3 rings (SSSR count). The van der Waals surface area contributed by atoms with Gasteiger partial charge in [-0.05, 0) is 61.6 Å². The molecule has 0 radical (unpaired) electrons. The summed E-state index contributed by atoms with van der Waals surface area (Å²) in [5.41, 5.74) is 0.938. The van der Waals surface area contributed by atoms with Crippen molar-refractivity contribution in [1.29, 1.82) is 0 Å². The van der Waals surface area contributed by atoms with Gasteiger partial charge in [0.1, 0.15) is 0 Å². The second-order valence-electron chi connectivity index (χ2n) is 7.82. The quantitative estimate of drug-likeness (QED) is 0.514. The number of nitrogens with zero attached hydrogens (tertiary/aromatic N) is 2. The molecule has 0 bridgehead atoms. The van der Waals surface area contributed by atoms with E-state index in [1.165, 1.54) is 29.2 Å². The second-order valence-corrected chi connectivity index (χ2v) is 7.82. The first-order valence-corrected chi connectivity index (χ1v) is 9.92.